The molecule has 0 amide bonds. The van der Waals surface area contributed by atoms with Crippen LogP contribution in [0.5, 0.6) is 11.5 Å². The number of rotatable bonds is 9. The van der Waals surface area contributed by atoms with Crippen LogP contribution >= 0.6 is 11.6 Å². The number of para-hydroxylation sites is 1. The van der Waals surface area contributed by atoms with Gasteiger partial charge in [-0.25, -0.2) is 14.1 Å². The molecule has 244 valence electrons. The minimum atomic E-state index is -1.27. The van der Waals surface area contributed by atoms with Gasteiger partial charge >= 0.3 is 0 Å². The molecule has 2 saturated heterocycles. The van der Waals surface area contributed by atoms with Gasteiger partial charge in [-0.1, -0.05) is 35.0 Å². The largest absolute Gasteiger partial charge is 0.444 e. The van der Waals surface area contributed by atoms with Gasteiger partial charge in [0.25, 0.3) is 5.79 Å². The van der Waals surface area contributed by atoms with Crippen molar-refractivity contribution in [1.29, 1.82) is 0 Å². The van der Waals surface area contributed by atoms with Gasteiger partial charge in [0.15, 0.2) is 11.5 Å². The van der Waals surface area contributed by atoms with Crippen molar-refractivity contribution in [1.82, 2.24) is 29.4 Å². The number of hydrogen-bond acceptors (Lipinski definition) is 8. The SMILES string of the molecule is CC1(c2ccc(Cl)cc2F)Oc2cccc(C3CCN(Cc4nc5cc(-c6cn(CCO)nn6)ccc5n4C[C@@H]4CCO4)CC3)c2O1. The summed E-state index contributed by atoms with van der Waals surface area (Å²) in [4.78, 5) is 7.59. The lowest BCUT2D eigenvalue weighted by atomic mass is 9.88. The molecule has 1 unspecified atom stereocenters. The van der Waals surface area contributed by atoms with E-state index in [0.29, 0.717) is 28.6 Å². The Balaban J connectivity index is 0.993. The number of piperidine rings is 1. The van der Waals surface area contributed by atoms with E-state index in [1.807, 2.05) is 18.3 Å². The van der Waals surface area contributed by atoms with Crippen LogP contribution in [0.15, 0.2) is 60.8 Å². The summed E-state index contributed by atoms with van der Waals surface area (Å²) in [6.45, 7) is 6.28. The molecule has 0 spiro atoms. The molecule has 5 aromatic rings. The number of hydrogen-bond donors (Lipinski definition) is 1. The molecule has 0 aliphatic carbocycles. The van der Waals surface area contributed by atoms with Crippen molar-refractivity contribution in [2.24, 2.45) is 0 Å². The van der Waals surface area contributed by atoms with E-state index >= 15 is 0 Å². The standard InChI is InChI=1S/C35H36ClFN6O4/c1-35(27-7-6-24(36)18-28(27)37)46-32-4-2-3-26(34(32)47-35)22-9-12-41(13-10-22)21-33-38-29-17-23(30-20-42(14-15-44)40-39-30)5-8-31(29)43(33)19-25-11-16-45-25/h2-8,17-18,20,22,25,44H,9-16,19,21H2,1H3/t25-,35?/m0/s1. The quantitative estimate of drug-likeness (QED) is 0.209. The Morgan fingerprint density at radius 1 is 1.06 bits per heavy atom. The first-order chi connectivity index (χ1) is 22.9. The van der Waals surface area contributed by atoms with E-state index in [2.05, 4.69) is 44.0 Å². The second-order valence-electron chi connectivity index (χ2n) is 12.7. The molecule has 3 aliphatic heterocycles. The van der Waals surface area contributed by atoms with Crippen LogP contribution < -0.4 is 9.47 Å². The predicted octanol–water partition coefficient (Wildman–Crippen LogP) is 5.89. The molecule has 3 aliphatic rings. The maximum absolute atomic E-state index is 14.9. The Bertz CT molecular complexity index is 1930. The maximum Gasteiger partial charge on any atom is 0.278 e. The van der Waals surface area contributed by atoms with Crippen LogP contribution in [-0.4, -0.2) is 67.0 Å². The van der Waals surface area contributed by atoms with Crippen molar-refractivity contribution < 1.29 is 23.7 Å². The fourth-order valence-corrected chi connectivity index (χ4v) is 7.14. The molecule has 2 fully saturated rings. The number of nitrogens with zero attached hydrogens (tertiary/aromatic N) is 6. The van der Waals surface area contributed by atoms with Gasteiger partial charge in [0, 0.05) is 29.7 Å². The normalized spacial score (nSPS) is 21.4. The highest BCUT2D eigenvalue weighted by molar-refractivity contribution is 6.30. The minimum Gasteiger partial charge on any atom is -0.444 e. The third-order valence-electron chi connectivity index (χ3n) is 9.59. The van der Waals surface area contributed by atoms with E-state index in [4.69, 9.17) is 30.8 Å². The highest BCUT2D eigenvalue weighted by Crippen LogP contribution is 2.50. The number of benzene rings is 3. The lowest BCUT2D eigenvalue weighted by Crippen LogP contribution is -2.35. The number of ether oxygens (including phenoxy) is 3. The lowest BCUT2D eigenvalue weighted by molar-refractivity contribution is -0.0712. The second-order valence-corrected chi connectivity index (χ2v) is 13.1. The Morgan fingerprint density at radius 2 is 1.91 bits per heavy atom. The van der Waals surface area contributed by atoms with Crippen LogP contribution in [0, 0.1) is 5.82 Å². The summed E-state index contributed by atoms with van der Waals surface area (Å²) in [5.74, 6) is 0.896. The van der Waals surface area contributed by atoms with Gasteiger partial charge in [-0.15, -0.1) is 5.10 Å². The fourth-order valence-electron chi connectivity index (χ4n) is 6.98. The van der Waals surface area contributed by atoms with Crippen LogP contribution in [0.4, 0.5) is 4.39 Å². The van der Waals surface area contributed by atoms with Crippen LogP contribution in [0.2, 0.25) is 5.02 Å². The summed E-state index contributed by atoms with van der Waals surface area (Å²) in [5, 5.41) is 18.0. The monoisotopic (exact) mass is 658 g/mol. The first-order valence-corrected chi connectivity index (χ1v) is 16.6. The molecular weight excluding hydrogens is 623 g/mol. The Labute approximate surface area is 276 Å². The molecule has 1 N–H and O–H groups in total. The van der Waals surface area contributed by atoms with E-state index in [9.17, 15) is 9.50 Å². The molecule has 47 heavy (non-hydrogen) atoms. The van der Waals surface area contributed by atoms with Gasteiger partial charge in [0.05, 0.1) is 55.1 Å². The number of aliphatic hydroxyl groups excluding tert-OH is 1. The molecule has 8 rings (SSSR count). The number of aliphatic hydroxyl groups is 1. The van der Waals surface area contributed by atoms with Crippen LogP contribution in [0.1, 0.15) is 49.1 Å². The van der Waals surface area contributed by atoms with E-state index in [1.54, 1.807) is 23.7 Å². The highest BCUT2D eigenvalue weighted by Gasteiger charge is 2.43. The summed E-state index contributed by atoms with van der Waals surface area (Å²) >= 11 is 6.00. The molecule has 5 heterocycles. The molecule has 3 aromatic carbocycles. The van der Waals surface area contributed by atoms with Gasteiger partial charge in [0.2, 0.25) is 0 Å². The Kier molecular flexibility index (Phi) is 7.87. The topological polar surface area (TPSA) is 99.7 Å². The van der Waals surface area contributed by atoms with Crippen molar-refractivity contribution in [3.63, 3.8) is 0 Å². The second kappa shape index (κ2) is 12.2. The molecular formula is C35H36ClFN6O4. The van der Waals surface area contributed by atoms with Gasteiger partial charge in [-0.3, -0.25) is 4.90 Å². The van der Waals surface area contributed by atoms with Crippen molar-refractivity contribution >= 4 is 22.6 Å². The summed E-state index contributed by atoms with van der Waals surface area (Å²) in [5.41, 5.74) is 5.10. The number of fused-ring (bicyclic) bond motifs is 2. The molecule has 2 atom stereocenters. The number of halogens is 2. The first-order valence-electron chi connectivity index (χ1n) is 16.2. The number of imidazole rings is 1. The van der Waals surface area contributed by atoms with Crippen molar-refractivity contribution in [3.8, 4) is 22.8 Å². The Hall–Kier alpha value is -4.03. The van der Waals surface area contributed by atoms with Gasteiger partial charge < -0.3 is 23.9 Å². The zero-order valence-corrected chi connectivity index (χ0v) is 26.9. The van der Waals surface area contributed by atoms with E-state index in [0.717, 1.165) is 85.7 Å². The predicted molar refractivity (Wildman–Crippen MR) is 174 cm³/mol. The molecule has 0 bridgehead atoms. The van der Waals surface area contributed by atoms with Crippen LogP contribution in [-0.2, 0) is 30.2 Å². The molecule has 2 aromatic heterocycles. The first kappa shape index (κ1) is 30.3. The zero-order valence-electron chi connectivity index (χ0n) is 26.1. The van der Waals surface area contributed by atoms with E-state index < -0.39 is 11.6 Å². The third kappa shape index (κ3) is 5.75. The van der Waals surface area contributed by atoms with E-state index in [-0.39, 0.29) is 18.6 Å². The van der Waals surface area contributed by atoms with E-state index in [1.165, 1.54) is 6.07 Å². The molecule has 12 heteroatoms. The fraction of sp³-hybridized carbons (Fsp3) is 0.400. The molecule has 10 nitrogen and oxygen atoms in total. The van der Waals surface area contributed by atoms with Crippen LogP contribution in [0.25, 0.3) is 22.3 Å². The summed E-state index contributed by atoms with van der Waals surface area (Å²) < 4.78 is 37.3. The van der Waals surface area contributed by atoms with Crippen molar-refractivity contribution in [2.45, 2.75) is 63.6 Å². The van der Waals surface area contributed by atoms with Gasteiger partial charge in [-0.05, 0) is 74.7 Å². The smallest absolute Gasteiger partial charge is 0.278 e. The average Bonchev–Trinajstić information content (AvgIpc) is 3.74. The zero-order chi connectivity index (χ0) is 32.1. The number of likely N-dealkylation sites (tertiary alicyclic amines) is 1. The summed E-state index contributed by atoms with van der Waals surface area (Å²) in [7, 11) is 0. The molecule has 0 radical (unpaired) electrons. The van der Waals surface area contributed by atoms with Gasteiger partial charge in [0.1, 0.15) is 17.3 Å². The summed E-state index contributed by atoms with van der Waals surface area (Å²) in [6.07, 6.45) is 4.99. The van der Waals surface area contributed by atoms with Crippen LogP contribution in [0.3, 0.4) is 0 Å². The van der Waals surface area contributed by atoms with Gasteiger partial charge in [-0.2, -0.15) is 0 Å². The Morgan fingerprint density at radius 3 is 2.68 bits per heavy atom. The van der Waals surface area contributed by atoms with Crippen molar-refractivity contribution in [3.05, 3.63) is 88.6 Å². The summed E-state index contributed by atoms with van der Waals surface area (Å²) in [6, 6.07) is 16.8. The highest BCUT2D eigenvalue weighted by atomic mass is 35.5. The number of aromatic nitrogens is 5. The third-order valence-corrected chi connectivity index (χ3v) is 9.83. The minimum absolute atomic E-state index is 0.0107. The van der Waals surface area contributed by atoms with Crippen molar-refractivity contribution in [2.75, 3.05) is 26.3 Å². The molecule has 0 saturated carbocycles. The lowest BCUT2D eigenvalue weighted by Gasteiger charge is -2.33. The average molecular weight is 659 g/mol. The maximum atomic E-state index is 14.9.